The molecule has 0 spiro atoms. The van der Waals surface area contributed by atoms with E-state index < -0.39 is 10.0 Å². The first-order valence-corrected chi connectivity index (χ1v) is 10.7. The summed E-state index contributed by atoms with van der Waals surface area (Å²) in [5, 5.41) is 8.86. The Morgan fingerprint density at radius 1 is 1.04 bits per heavy atom. The van der Waals surface area contributed by atoms with Crippen molar-refractivity contribution in [2.45, 2.75) is 52.5 Å². The Labute approximate surface area is 165 Å². The third-order valence-electron chi connectivity index (χ3n) is 4.86. The van der Waals surface area contributed by atoms with Crippen molar-refractivity contribution >= 4 is 10.0 Å². The zero-order chi connectivity index (χ0) is 20.5. The number of nitrogens with zero attached hydrogens (tertiary/aromatic N) is 5. The van der Waals surface area contributed by atoms with Gasteiger partial charge in [-0.15, -0.1) is 0 Å². The largest absolute Gasteiger partial charge is 0.268 e. The lowest BCUT2D eigenvalue weighted by Crippen LogP contribution is -2.27. The average Bonchev–Trinajstić information content (AvgIpc) is 3.12. The van der Waals surface area contributed by atoms with E-state index in [2.05, 4.69) is 19.9 Å². The lowest BCUT2D eigenvalue weighted by atomic mass is 10.1. The van der Waals surface area contributed by atoms with E-state index in [0.717, 1.165) is 22.8 Å². The summed E-state index contributed by atoms with van der Waals surface area (Å²) < 4.78 is 31.8. The van der Waals surface area contributed by atoms with Crippen LogP contribution in [-0.4, -0.2) is 39.5 Å². The number of sulfonamides is 1. The van der Waals surface area contributed by atoms with Gasteiger partial charge in [-0.3, -0.25) is 4.68 Å². The van der Waals surface area contributed by atoms with Crippen LogP contribution in [-0.2, 0) is 23.0 Å². The van der Waals surface area contributed by atoms with Gasteiger partial charge in [-0.05, 0) is 58.7 Å². The minimum absolute atomic E-state index is 0.270. The van der Waals surface area contributed by atoms with Crippen molar-refractivity contribution in [3.05, 3.63) is 52.7 Å². The van der Waals surface area contributed by atoms with E-state index in [-0.39, 0.29) is 11.4 Å². The third-order valence-corrected chi connectivity index (χ3v) is 6.57. The normalized spacial score (nSPS) is 11.9. The second-order valence-electron chi connectivity index (χ2n) is 6.71. The number of nitrogens with one attached hydrogen (secondary N) is 1. The maximum absolute atomic E-state index is 12.8. The molecule has 0 unspecified atom stereocenters. The molecule has 3 rings (SSSR count). The van der Waals surface area contributed by atoms with Crippen LogP contribution in [0.25, 0.3) is 5.82 Å². The summed E-state index contributed by atoms with van der Waals surface area (Å²) in [5.74, 6) is 0.744. The van der Waals surface area contributed by atoms with Crippen molar-refractivity contribution < 1.29 is 8.42 Å². The molecule has 0 fully saturated rings. The van der Waals surface area contributed by atoms with Crippen LogP contribution in [0.1, 0.15) is 35.3 Å². The van der Waals surface area contributed by atoms with Crippen molar-refractivity contribution in [1.82, 2.24) is 29.3 Å². The third kappa shape index (κ3) is 3.72. The Balaban J connectivity index is 1.77. The van der Waals surface area contributed by atoms with Gasteiger partial charge in [0.25, 0.3) is 0 Å². The molecule has 0 bridgehead atoms. The second-order valence-corrected chi connectivity index (χ2v) is 8.42. The van der Waals surface area contributed by atoms with Gasteiger partial charge in [0.2, 0.25) is 10.0 Å². The molecule has 1 N–H and O–H groups in total. The number of aromatic nitrogens is 5. The Morgan fingerprint density at radius 3 is 2.39 bits per heavy atom. The molecule has 28 heavy (non-hydrogen) atoms. The predicted octanol–water partition coefficient (Wildman–Crippen LogP) is 2.24. The maximum atomic E-state index is 12.8. The SMILES string of the molecule is CCn1nc(C)c(S(=O)(=O)NCCc2c(C)nn(-c3ccccn3)c2C)c1C. The van der Waals surface area contributed by atoms with Crippen molar-refractivity contribution in [2.24, 2.45) is 0 Å². The lowest BCUT2D eigenvalue weighted by Gasteiger charge is -2.08. The minimum atomic E-state index is -3.62. The van der Waals surface area contributed by atoms with Gasteiger partial charge < -0.3 is 0 Å². The van der Waals surface area contributed by atoms with Crippen LogP contribution in [0.2, 0.25) is 0 Å². The van der Waals surface area contributed by atoms with Gasteiger partial charge in [0, 0.05) is 25.0 Å². The molecule has 150 valence electrons. The Bertz CT molecular complexity index is 1080. The van der Waals surface area contributed by atoms with Crippen LogP contribution >= 0.6 is 0 Å². The predicted molar refractivity (Wildman–Crippen MR) is 107 cm³/mol. The molecule has 0 saturated carbocycles. The van der Waals surface area contributed by atoms with Gasteiger partial charge in [-0.1, -0.05) is 6.07 Å². The van der Waals surface area contributed by atoms with Crippen LogP contribution in [0.5, 0.6) is 0 Å². The number of pyridine rings is 1. The minimum Gasteiger partial charge on any atom is -0.268 e. The average molecular weight is 403 g/mol. The van der Waals surface area contributed by atoms with Crippen LogP contribution in [0.4, 0.5) is 0 Å². The van der Waals surface area contributed by atoms with Gasteiger partial charge in [-0.2, -0.15) is 10.2 Å². The first-order chi connectivity index (χ1) is 13.3. The fourth-order valence-corrected chi connectivity index (χ4v) is 4.94. The van der Waals surface area contributed by atoms with Crippen LogP contribution < -0.4 is 4.72 Å². The van der Waals surface area contributed by atoms with Gasteiger partial charge in [0.1, 0.15) is 4.90 Å². The van der Waals surface area contributed by atoms with E-state index in [0.29, 0.717) is 24.4 Å². The fourth-order valence-electron chi connectivity index (χ4n) is 3.50. The number of hydrogen-bond donors (Lipinski definition) is 1. The molecule has 0 aromatic carbocycles. The molecule has 9 heteroatoms. The summed E-state index contributed by atoms with van der Waals surface area (Å²) in [6, 6.07) is 5.66. The van der Waals surface area contributed by atoms with E-state index >= 15 is 0 Å². The molecular weight excluding hydrogens is 376 g/mol. The smallest absolute Gasteiger partial charge is 0.244 e. The molecule has 3 heterocycles. The van der Waals surface area contributed by atoms with Gasteiger partial charge in [-0.25, -0.2) is 22.8 Å². The molecule has 0 aliphatic carbocycles. The Kier molecular flexibility index (Phi) is 5.66. The highest BCUT2D eigenvalue weighted by Crippen LogP contribution is 2.20. The highest BCUT2D eigenvalue weighted by molar-refractivity contribution is 7.89. The summed E-state index contributed by atoms with van der Waals surface area (Å²) in [6.45, 7) is 10.3. The fraction of sp³-hybridized carbons (Fsp3) is 0.421. The Morgan fingerprint density at radius 2 is 1.79 bits per heavy atom. The highest BCUT2D eigenvalue weighted by Gasteiger charge is 2.24. The maximum Gasteiger partial charge on any atom is 0.244 e. The molecule has 0 radical (unpaired) electrons. The first kappa shape index (κ1) is 20.2. The zero-order valence-electron chi connectivity index (χ0n) is 16.9. The highest BCUT2D eigenvalue weighted by atomic mass is 32.2. The molecule has 0 amide bonds. The standard InChI is InChI=1S/C19H26N6O2S/c1-6-24-16(5)19(14(3)22-24)28(26,27)21-12-10-17-13(2)23-25(15(17)4)18-9-7-8-11-20-18/h7-9,11,21H,6,10,12H2,1-5H3. The molecule has 0 aliphatic rings. The van der Waals surface area contributed by atoms with Crippen LogP contribution in [0.15, 0.2) is 29.3 Å². The second kappa shape index (κ2) is 7.84. The summed E-state index contributed by atoms with van der Waals surface area (Å²) in [4.78, 5) is 4.60. The monoisotopic (exact) mass is 402 g/mol. The summed E-state index contributed by atoms with van der Waals surface area (Å²) in [6.07, 6.45) is 2.27. The summed E-state index contributed by atoms with van der Waals surface area (Å²) >= 11 is 0. The van der Waals surface area contributed by atoms with Crippen LogP contribution in [0.3, 0.4) is 0 Å². The van der Waals surface area contributed by atoms with E-state index in [1.54, 1.807) is 29.4 Å². The number of hydrogen-bond acceptors (Lipinski definition) is 5. The quantitative estimate of drug-likeness (QED) is 0.654. The molecule has 0 saturated heterocycles. The molecule has 3 aromatic heterocycles. The number of rotatable bonds is 7. The van der Waals surface area contributed by atoms with Crippen molar-refractivity contribution in [1.29, 1.82) is 0 Å². The van der Waals surface area contributed by atoms with Gasteiger partial charge in [0.05, 0.1) is 17.1 Å². The van der Waals surface area contributed by atoms with Crippen molar-refractivity contribution in [3.63, 3.8) is 0 Å². The molecule has 0 atom stereocenters. The topological polar surface area (TPSA) is 94.7 Å². The molecule has 0 aliphatic heterocycles. The lowest BCUT2D eigenvalue weighted by molar-refractivity contribution is 0.579. The first-order valence-electron chi connectivity index (χ1n) is 9.26. The zero-order valence-corrected chi connectivity index (χ0v) is 17.7. The van der Waals surface area contributed by atoms with E-state index in [4.69, 9.17) is 0 Å². The van der Waals surface area contributed by atoms with Gasteiger partial charge >= 0.3 is 0 Å². The summed E-state index contributed by atoms with van der Waals surface area (Å²) in [7, 11) is -3.62. The summed E-state index contributed by atoms with van der Waals surface area (Å²) in [5.41, 5.74) is 4.02. The molecule has 3 aromatic rings. The van der Waals surface area contributed by atoms with Crippen LogP contribution in [0, 0.1) is 27.7 Å². The van der Waals surface area contributed by atoms with E-state index in [1.807, 2.05) is 39.0 Å². The Hall–Kier alpha value is -2.52. The molecular formula is C19H26N6O2S. The van der Waals surface area contributed by atoms with Crippen molar-refractivity contribution in [3.8, 4) is 5.82 Å². The van der Waals surface area contributed by atoms with Crippen molar-refractivity contribution in [2.75, 3.05) is 6.54 Å². The number of aryl methyl sites for hydroxylation is 3. The molecule has 8 nitrogen and oxygen atoms in total. The van der Waals surface area contributed by atoms with E-state index in [1.165, 1.54) is 0 Å². The van der Waals surface area contributed by atoms with Gasteiger partial charge in [0.15, 0.2) is 5.82 Å². The van der Waals surface area contributed by atoms with E-state index in [9.17, 15) is 8.42 Å².